The van der Waals surface area contributed by atoms with Gasteiger partial charge in [0.1, 0.15) is 6.04 Å². The van der Waals surface area contributed by atoms with Crippen molar-refractivity contribution in [2.75, 3.05) is 6.54 Å². The maximum atomic E-state index is 12.3. The lowest BCUT2D eigenvalue weighted by atomic mass is 10.0. The summed E-state index contributed by atoms with van der Waals surface area (Å²) >= 11 is 0. The molecule has 19 heavy (non-hydrogen) atoms. The van der Waals surface area contributed by atoms with Crippen molar-refractivity contribution in [2.45, 2.75) is 37.0 Å². The first kappa shape index (κ1) is 11.0. The Morgan fingerprint density at radius 1 is 1.47 bits per heavy atom. The molecule has 3 N–H and O–H groups in total. The lowest BCUT2D eigenvalue weighted by molar-refractivity contribution is -0.139. The normalized spacial score (nSPS) is 39.9. The van der Waals surface area contributed by atoms with Crippen LogP contribution in [0.4, 0.5) is 0 Å². The predicted molar refractivity (Wildman–Crippen MR) is 64.8 cm³/mol. The summed E-state index contributed by atoms with van der Waals surface area (Å²) in [6.45, 7) is 0.892. The number of nitrogens with one attached hydrogen (secondary N) is 3. The number of imidazole rings is 1. The fourth-order valence-corrected chi connectivity index (χ4v) is 3.42. The third kappa shape index (κ3) is 1.39. The van der Waals surface area contributed by atoms with Gasteiger partial charge in [-0.1, -0.05) is 0 Å². The van der Waals surface area contributed by atoms with Gasteiger partial charge in [0.05, 0.1) is 12.4 Å². The maximum absolute atomic E-state index is 12.3. The Kier molecular flexibility index (Phi) is 2.06. The summed E-state index contributed by atoms with van der Waals surface area (Å²) in [6, 6.07) is -0.314. The molecule has 3 aliphatic rings. The summed E-state index contributed by atoms with van der Waals surface area (Å²) in [5.74, 6) is -0.176. The van der Waals surface area contributed by atoms with Crippen molar-refractivity contribution in [3.05, 3.63) is 18.2 Å². The molecule has 0 aromatic carbocycles. The Morgan fingerprint density at radius 3 is 3.05 bits per heavy atom. The Balaban J connectivity index is 1.51. The van der Waals surface area contributed by atoms with Crippen molar-refractivity contribution < 1.29 is 9.59 Å². The molecule has 1 aromatic heterocycles. The standard InChI is InChI=1S/C12H15N5O2/c18-10-8(4-7-5-13-6-14-7)15-11(19)12(16-10)9-2-1-3-17(9)12/h5-6,8-9H,1-4H2,(H,13,14)(H,15,19)(H,16,18)/t8-,9?,12?,17?/m0/s1. The Bertz CT molecular complexity index is 530. The monoisotopic (exact) mass is 261 g/mol. The van der Waals surface area contributed by atoms with Gasteiger partial charge in [0.2, 0.25) is 5.91 Å². The molecule has 4 heterocycles. The van der Waals surface area contributed by atoms with E-state index >= 15 is 0 Å². The van der Waals surface area contributed by atoms with E-state index in [-0.39, 0.29) is 17.9 Å². The third-order valence-electron chi connectivity index (χ3n) is 4.38. The number of rotatable bonds is 2. The summed E-state index contributed by atoms with van der Waals surface area (Å²) in [5, 5.41) is 5.77. The van der Waals surface area contributed by atoms with E-state index in [0.29, 0.717) is 6.42 Å². The van der Waals surface area contributed by atoms with Crippen LogP contribution in [0.1, 0.15) is 18.5 Å². The van der Waals surface area contributed by atoms with Gasteiger partial charge >= 0.3 is 0 Å². The van der Waals surface area contributed by atoms with Gasteiger partial charge in [-0.25, -0.2) is 4.98 Å². The minimum Gasteiger partial charge on any atom is -0.348 e. The summed E-state index contributed by atoms with van der Waals surface area (Å²) in [5.41, 5.74) is 0.104. The highest BCUT2D eigenvalue weighted by molar-refractivity contribution is 6.02. The zero-order valence-corrected chi connectivity index (χ0v) is 10.3. The second-order valence-corrected chi connectivity index (χ2v) is 5.41. The van der Waals surface area contributed by atoms with Crippen molar-refractivity contribution in [3.63, 3.8) is 0 Å². The maximum Gasteiger partial charge on any atom is 0.263 e. The van der Waals surface area contributed by atoms with Crippen molar-refractivity contribution in [2.24, 2.45) is 0 Å². The van der Waals surface area contributed by atoms with E-state index in [2.05, 4.69) is 25.5 Å². The number of H-pyrrole nitrogens is 1. The number of piperidine rings is 1. The zero-order chi connectivity index (χ0) is 13.0. The van der Waals surface area contributed by atoms with Crippen LogP contribution in [0.2, 0.25) is 0 Å². The third-order valence-corrected chi connectivity index (χ3v) is 4.38. The number of nitrogens with zero attached hydrogens (tertiary/aromatic N) is 2. The van der Waals surface area contributed by atoms with E-state index in [1.165, 1.54) is 0 Å². The number of carbonyl (C=O) groups excluding carboxylic acids is 2. The van der Waals surface area contributed by atoms with Gasteiger partial charge in [-0.05, 0) is 12.8 Å². The Morgan fingerprint density at radius 2 is 2.37 bits per heavy atom. The largest absolute Gasteiger partial charge is 0.348 e. The van der Waals surface area contributed by atoms with Crippen molar-refractivity contribution in [1.82, 2.24) is 25.5 Å². The lowest BCUT2D eigenvalue weighted by Gasteiger charge is -2.31. The summed E-state index contributed by atoms with van der Waals surface area (Å²) in [7, 11) is 0. The van der Waals surface area contributed by atoms with Gasteiger partial charge in [0.15, 0.2) is 5.66 Å². The van der Waals surface area contributed by atoms with E-state index < -0.39 is 11.7 Å². The van der Waals surface area contributed by atoms with Gasteiger partial charge in [-0.15, -0.1) is 0 Å². The topological polar surface area (TPSA) is 89.9 Å². The van der Waals surface area contributed by atoms with Crippen LogP contribution in [0.3, 0.4) is 0 Å². The lowest BCUT2D eigenvalue weighted by Crippen LogP contribution is -2.67. The van der Waals surface area contributed by atoms with Crippen LogP contribution in [0.5, 0.6) is 0 Å². The van der Waals surface area contributed by atoms with Crippen molar-refractivity contribution in [1.29, 1.82) is 0 Å². The van der Waals surface area contributed by atoms with Crippen molar-refractivity contribution >= 4 is 11.8 Å². The molecule has 7 nitrogen and oxygen atoms in total. The molecule has 7 heteroatoms. The second kappa shape index (κ2) is 3.57. The first-order chi connectivity index (χ1) is 9.22. The molecule has 1 aromatic rings. The molecular weight excluding hydrogens is 246 g/mol. The SMILES string of the molecule is O=C1NC2(C(=O)N[C@H]1Cc1cnc[nH]1)C1CCCN12. The molecule has 3 aliphatic heterocycles. The first-order valence-electron chi connectivity index (χ1n) is 6.59. The number of hydrogen-bond acceptors (Lipinski definition) is 4. The second-order valence-electron chi connectivity index (χ2n) is 5.41. The molecule has 1 spiro atoms. The van der Waals surface area contributed by atoms with E-state index in [0.717, 1.165) is 25.1 Å². The van der Waals surface area contributed by atoms with Crippen LogP contribution in [-0.2, 0) is 16.0 Å². The van der Waals surface area contributed by atoms with Crippen LogP contribution in [0, 0.1) is 0 Å². The van der Waals surface area contributed by atoms with Crippen molar-refractivity contribution in [3.8, 4) is 0 Å². The molecule has 0 bridgehead atoms. The average molecular weight is 261 g/mol. The van der Waals surface area contributed by atoms with Crippen LogP contribution >= 0.6 is 0 Å². The van der Waals surface area contributed by atoms with E-state index in [1.54, 1.807) is 12.5 Å². The molecule has 3 fully saturated rings. The van der Waals surface area contributed by atoms with E-state index in [4.69, 9.17) is 0 Å². The Hall–Kier alpha value is -1.89. The minimum absolute atomic E-state index is 0.0682. The molecule has 0 aliphatic carbocycles. The fraction of sp³-hybridized carbons (Fsp3) is 0.583. The molecule has 0 radical (unpaired) electrons. The molecule has 3 saturated heterocycles. The molecular formula is C12H15N5O2. The highest BCUT2D eigenvalue weighted by Gasteiger charge is 2.72. The number of fused-ring (bicyclic) bond motifs is 3. The van der Waals surface area contributed by atoms with Gasteiger partial charge in [0.25, 0.3) is 5.91 Å². The Labute approximate surface area is 109 Å². The number of hydrogen-bond donors (Lipinski definition) is 3. The summed E-state index contributed by atoms with van der Waals surface area (Å²) in [6.07, 6.45) is 5.76. The van der Waals surface area contributed by atoms with Gasteiger partial charge in [-0.2, -0.15) is 0 Å². The van der Waals surface area contributed by atoms with E-state index in [9.17, 15) is 9.59 Å². The van der Waals surface area contributed by atoms with Crippen LogP contribution in [0.25, 0.3) is 0 Å². The molecule has 4 atom stereocenters. The molecule has 2 amide bonds. The molecule has 3 unspecified atom stereocenters. The predicted octanol–water partition coefficient (Wildman–Crippen LogP) is -1.26. The number of aromatic amines is 1. The molecule has 0 saturated carbocycles. The highest BCUT2D eigenvalue weighted by atomic mass is 16.2. The number of piperazine rings is 1. The fourth-order valence-electron chi connectivity index (χ4n) is 3.42. The zero-order valence-electron chi connectivity index (χ0n) is 10.3. The average Bonchev–Trinajstić information content (AvgIpc) is 2.88. The van der Waals surface area contributed by atoms with Gasteiger partial charge < -0.3 is 15.6 Å². The number of aromatic nitrogens is 2. The van der Waals surface area contributed by atoms with Gasteiger partial charge in [0, 0.05) is 24.9 Å². The molecule has 100 valence electrons. The van der Waals surface area contributed by atoms with E-state index in [1.807, 2.05) is 0 Å². The summed E-state index contributed by atoms with van der Waals surface area (Å²) < 4.78 is 0. The number of carbonyl (C=O) groups is 2. The van der Waals surface area contributed by atoms with Gasteiger partial charge in [-0.3, -0.25) is 14.5 Å². The summed E-state index contributed by atoms with van der Waals surface area (Å²) in [4.78, 5) is 33.4. The highest BCUT2D eigenvalue weighted by Crippen LogP contribution is 2.47. The quantitative estimate of drug-likeness (QED) is 0.580. The number of amides is 2. The first-order valence-corrected chi connectivity index (χ1v) is 6.59. The van der Waals surface area contributed by atoms with Crippen LogP contribution in [-0.4, -0.2) is 51.0 Å². The minimum atomic E-state index is -0.736. The van der Waals surface area contributed by atoms with Crippen LogP contribution in [0.15, 0.2) is 12.5 Å². The smallest absolute Gasteiger partial charge is 0.263 e. The van der Waals surface area contributed by atoms with Crippen LogP contribution < -0.4 is 10.6 Å². The molecule has 4 rings (SSSR count).